The Bertz CT molecular complexity index is 274. The van der Waals surface area contributed by atoms with Crippen molar-refractivity contribution in [1.29, 1.82) is 0 Å². The maximum Gasteiger partial charge on any atom is 0.142 e. The van der Waals surface area contributed by atoms with Crippen LogP contribution in [-0.2, 0) is 6.54 Å². The van der Waals surface area contributed by atoms with E-state index in [1.54, 1.807) is 12.4 Å². The number of rotatable bonds is 5. The molecular weight excluding hydrogens is 176 g/mol. The van der Waals surface area contributed by atoms with E-state index in [0.717, 1.165) is 17.9 Å². The van der Waals surface area contributed by atoms with Gasteiger partial charge >= 0.3 is 0 Å². The summed E-state index contributed by atoms with van der Waals surface area (Å²) in [5, 5.41) is 3.35. The van der Waals surface area contributed by atoms with Crippen molar-refractivity contribution in [3.63, 3.8) is 0 Å². The van der Waals surface area contributed by atoms with Gasteiger partial charge in [-0.2, -0.15) is 0 Å². The number of pyridine rings is 1. The normalized spacial score (nSPS) is 10.6. The van der Waals surface area contributed by atoms with Crippen molar-refractivity contribution in [2.24, 2.45) is 0 Å². The fraction of sp³-hybridized carbons (Fsp3) is 0.545. The zero-order chi connectivity index (χ0) is 10.4. The van der Waals surface area contributed by atoms with Gasteiger partial charge < -0.3 is 10.1 Å². The van der Waals surface area contributed by atoms with E-state index in [0.29, 0.717) is 12.6 Å². The summed E-state index contributed by atoms with van der Waals surface area (Å²) in [7, 11) is 0. The molecule has 0 unspecified atom stereocenters. The summed E-state index contributed by atoms with van der Waals surface area (Å²) in [6.07, 6.45) is 3.56. The van der Waals surface area contributed by atoms with Crippen LogP contribution in [0.5, 0.6) is 5.75 Å². The van der Waals surface area contributed by atoms with Crippen molar-refractivity contribution >= 4 is 0 Å². The van der Waals surface area contributed by atoms with Crippen LogP contribution < -0.4 is 10.1 Å². The van der Waals surface area contributed by atoms with Crippen LogP contribution >= 0.6 is 0 Å². The Morgan fingerprint density at radius 1 is 1.50 bits per heavy atom. The molecule has 14 heavy (non-hydrogen) atoms. The molecule has 0 spiro atoms. The standard InChI is InChI=1S/C11H18N2O/c1-4-14-11-8-12-6-5-10(11)7-13-9(2)3/h5-6,8-9,13H,4,7H2,1-3H3. The zero-order valence-corrected chi connectivity index (χ0v) is 9.08. The molecule has 1 aromatic rings. The van der Waals surface area contributed by atoms with E-state index in [9.17, 15) is 0 Å². The molecule has 0 aromatic carbocycles. The monoisotopic (exact) mass is 194 g/mol. The van der Waals surface area contributed by atoms with E-state index in [-0.39, 0.29) is 0 Å². The van der Waals surface area contributed by atoms with Gasteiger partial charge in [-0.3, -0.25) is 4.98 Å². The summed E-state index contributed by atoms with van der Waals surface area (Å²) < 4.78 is 5.47. The highest BCUT2D eigenvalue weighted by molar-refractivity contribution is 5.29. The SMILES string of the molecule is CCOc1cnccc1CNC(C)C. The van der Waals surface area contributed by atoms with E-state index in [1.165, 1.54) is 0 Å². The van der Waals surface area contributed by atoms with E-state index in [2.05, 4.69) is 24.1 Å². The van der Waals surface area contributed by atoms with Crippen molar-refractivity contribution in [3.8, 4) is 5.75 Å². The quantitative estimate of drug-likeness (QED) is 0.778. The smallest absolute Gasteiger partial charge is 0.142 e. The number of aromatic nitrogens is 1. The zero-order valence-electron chi connectivity index (χ0n) is 9.08. The van der Waals surface area contributed by atoms with Crippen molar-refractivity contribution in [2.75, 3.05) is 6.61 Å². The molecule has 0 aliphatic heterocycles. The van der Waals surface area contributed by atoms with Gasteiger partial charge in [-0.15, -0.1) is 0 Å². The van der Waals surface area contributed by atoms with Crippen LogP contribution in [0.4, 0.5) is 0 Å². The number of ether oxygens (including phenoxy) is 1. The first-order valence-electron chi connectivity index (χ1n) is 5.03. The molecule has 0 aliphatic rings. The second kappa shape index (κ2) is 5.60. The largest absolute Gasteiger partial charge is 0.492 e. The third-order valence-electron chi connectivity index (χ3n) is 1.87. The Kier molecular flexibility index (Phi) is 4.40. The van der Waals surface area contributed by atoms with Gasteiger partial charge in [-0.25, -0.2) is 0 Å². The highest BCUT2D eigenvalue weighted by Gasteiger charge is 2.02. The number of hydrogen-bond donors (Lipinski definition) is 1. The van der Waals surface area contributed by atoms with Crippen LogP contribution in [0.3, 0.4) is 0 Å². The van der Waals surface area contributed by atoms with Crippen LogP contribution in [0.2, 0.25) is 0 Å². The summed E-state index contributed by atoms with van der Waals surface area (Å²) in [5.41, 5.74) is 1.16. The summed E-state index contributed by atoms with van der Waals surface area (Å²) in [5.74, 6) is 0.878. The highest BCUT2D eigenvalue weighted by Crippen LogP contribution is 2.15. The lowest BCUT2D eigenvalue weighted by atomic mass is 10.2. The summed E-state index contributed by atoms with van der Waals surface area (Å²) in [6.45, 7) is 7.74. The van der Waals surface area contributed by atoms with Crippen LogP contribution in [0.1, 0.15) is 26.3 Å². The molecule has 0 bridgehead atoms. The molecule has 1 aromatic heterocycles. The van der Waals surface area contributed by atoms with Crippen molar-refractivity contribution in [3.05, 3.63) is 24.0 Å². The van der Waals surface area contributed by atoms with Crippen molar-refractivity contribution < 1.29 is 4.74 Å². The number of nitrogens with one attached hydrogen (secondary N) is 1. The fourth-order valence-corrected chi connectivity index (χ4v) is 1.15. The molecule has 0 fully saturated rings. The van der Waals surface area contributed by atoms with Gasteiger partial charge in [0.25, 0.3) is 0 Å². The van der Waals surface area contributed by atoms with Gasteiger partial charge in [0.05, 0.1) is 12.8 Å². The Morgan fingerprint density at radius 3 is 2.93 bits per heavy atom. The molecular formula is C11H18N2O. The minimum Gasteiger partial charge on any atom is -0.492 e. The van der Waals surface area contributed by atoms with Gasteiger partial charge in [-0.05, 0) is 13.0 Å². The molecule has 3 nitrogen and oxygen atoms in total. The molecule has 1 N–H and O–H groups in total. The third kappa shape index (κ3) is 3.34. The van der Waals surface area contributed by atoms with Gasteiger partial charge in [0.1, 0.15) is 5.75 Å². The minimum atomic E-state index is 0.484. The molecule has 1 heterocycles. The second-order valence-corrected chi connectivity index (χ2v) is 3.45. The van der Waals surface area contributed by atoms with Gasteiger partial charge in [0, 0.05) is 24.3 Å². The Balaban J connectivity index is 2.64. The third-order valence-corrected chi connectivity index (χ3v) is 1.87. The first kappa shape index (κ1) is 11.0. The predicted molar refractivity (Wildman–Crippen MR) is 57.4 cm³/mol. The lowest BCUT2D eigenvalue weighted by Gasteiger charge is -2.11. The lowest BCUT2D eigenvalue weighted by Crippen LogP contribution is -2.22. The molecule has 0 atom stereocenters. The van der Waals surface area contributed by atoms with Gasteiger partial charge in [-0.1, -0.05) is 13.8 Å². The van der Waals surface area contributed by atoms with Gasteiger partial charge in [0.2, 0.25) is 0 Å². The van der Waals surface area contributed by atoms with Crippen molar-refractivity contribution in [2.45, 2.75) is 33.4 Å². The topological polar surface area (TPSA) is 34.1 Å². The first-order valence-corrected chi connectivity index (χ1v) is 5.03. The molecule has 0 aliphatic carbocycles. The van der Waals surface area contributed by atoms with E-state index >= 15 is 0 Å². The number of nitrogens with zero attached hydrogens (tertiary/aromatic N) is 1. The predicted octanol–water partition coefficient (Wildman–Crippen LogP) is 1.98. The lowest BCUT2D eigenvalue weighted by molar-refractivity contribution is 0.333. The Morgan fingerprint density at radius 2 is 2.29 bits per heavy atom. The molecule has 1 rings (SSSR count). The molecule has 0 saturated heterocycles. The fourth-order valence-electron chi connectivity index (χ4n) is 1.15. The van der Waals surface area contributed by atoms with Crippen LogP contribution in [0.15, 0.2) is 18.5 Å². The maximum absolute atomic E-state index is 5.47. The number of hydrogen-bond acceptors (Lipinski definition) is 3. The Hall–Kier alpha value is -1.09. The molecule has 0 saturated carbocycles. The summed E-state index contributed by atoms with van der Waals surface area (Å²) >= 11 is 0. The average molecular weight is 194 g/mol. The maximum atomic E-state index is 5.47. The summed E-state index contributed by atoms with van der Waals surface area (Å²) in [4.78, 5) is 4.04. The van der Waals surface area contributed by atoms with Crippen LogP contribution in [0.25, 0.3) is 0 Å². The van der Waals surface area contributed by atoms with E-state index in [1.807, 2.05) is 13.0 Å². The minimum absolute atomic E-state index is 0.484. The Labute approximate surface area is 85.5 Å². The van der Waals surface area contributed by atoms with Crippen LogP contribution in [-0.4, -0.2) is 17.6 Å². The first-order chi connectivity index (χ1) is 6.74. The molecule has 0 amide bonds. The second-order valence-electron chi connectivity index (χ2n) is 3.45. The van der Waals surface area contributed by atoms with E-state index in [4.69, 9.17) is 4.74 Å². The van der Waals surface area contributed by atoms with Crippen LogP contribution in [0, 0.1) is 0 Å². The highest BCUT2D eigenvalue weighted by atomic mass is 16.5. The van der Waals surface area contributed by atoms with Crippen molar-refractivity contribution in [1.82, 2.24) is 10.3 Å². The molecule has 78 valence electrons. The molecule has 0 radical (unpaired) electrons. The van der Waals surface area contributed by atoms with Gasteiger partial charge in [0.15, 0.2) is 0 Å². The average Bonchev–Trinajstić information content (AvgIpc) is 2.17. The van der Waals surface area contributed by atoms with E-state index < -0.39 is 0 Å². The summed E-state index contributed by atoms with van der Waals surface area (Å²) in [6, 6.07) is 2.47. The molecule has 3 heteroatoms.